The summed E-state index contributed by atoms with van der Waals surface area (Å²) in [7, 11) is 0. The van der Waals surface area contributed by atoms with E-state index in [0.717, 1.165) is 62.0 Å². The molecule has 1 aliphatic heterocycles. The average molecular weight is 740 g/mol. The molecule has 3 nitrogen and oxygen atoms in total. The van der Waals surface area contributed by atoms with Gasteiger partial charge in [0, 0.05) is 50.1 Å². The van der Waals surface area contributed by atoms with Gasteiger partial charge in [-0.2, -0.15) is 0 Å². The van der Waals surface area contributed by atoms with Gasteiger partial charge in [-0.25, -0.2) is 4.98 Å². The van der Waals surface area contributed by atoms with Crippen LogP contribution in [0.3, 0.4) is 0 Å². The standard InChI is InChI=1S/C55H37N3/c1-5-19-38(20-6-1)42-36-49(40-23-9-3-10-24-40)56-50(37-42)41-25-17-28-44(35-41)57-51-33-15-13-29-46(51)53-48-32-18-31-45(39-21-7-2-8-22-39)54(48)58(43-26-11-4-12-27-43)55(53)47-30-14-16-34-52(47)57/h1-37H. The number of anilines is 3. The summed E-state index contributed by atoms with van der Waals surface area (Å²) in [5.74, 6) is 0. The van der Waals surface area contributed by atoms with Crippen LogP contribution in [0.2, 0.25) is 0 Å². The van der Waals surface area contributed by atoms with Crippen molar-refractivity contribution in [3.05, 3.63) is 224 Å². The van der Waals surface area contributed by atoms with Crippen LogP contribution in [-0.4, -0.2) is 9.55 Å². The van der Waals surface area contributed by atoms with Crippen molar-refractivity contribution in [3.63, 3.8) is 0 Å². The summed E-state index contributed by atoms with van der Waals surface area (Å²) >= 11 is 0. The summed E-state index contributed by atoms with van der Waals surface area (Å²) in [4.78, 5) is 7.75. The average Bonchev–Trinajstić information content (AvgIpc) is 3.59. The molecule has 0 aliphatic carbocycles. The predicted octanol–water partition coefficient (Wildman–Crippen LogP) is 14.8. The lowest BCUT2D eigenvalue weighted by atomic mass is 9.96. The van der Waals surface area contributed by atoms with Gasteiger partial charge in [0.2, 0.25) is 0 Å². The predicted molar refractivity (Wildman–Crippen MR) is 242 cm³/mol. The Bertz CT molecular complexity index is 3040. The highest BCUT2D eigenvalue weighted by molar-refractivity contribution is 6.15. The fourth-order valence-corrected chi connectivity index (χ4v) is 8.74. The third-order valence-corrected chi connectivity index (χ3v) is 11.3. The van der Waals surface area contributed by atoms with Crippen molar-refractivity contribution in [1.29, 1.82) is 0 Å². The molecule has 2 aromatic heterocycles. The molecule has 0 unspecified atom stereocenters. The first-order valence-corrected chi connectivity index (χ1v) is 19.8. The lowest BCUT2D eigenvalue weighted by Crippen LogP contribution is -2.11. The minimum Gasteiger partial charge on any atom is -0.309 e. The molecule has 58 heavy (non-hydrogen) atoms. The van der Waals surface area contributed by atoms with Gasteiger partial charge in [-0.15, -0.1) is 0 Å². The molecule has 0 spiro atoms. The minimum atomic E-state index is 0.927. The van der Waals surface area contributed by atoms with Gasteiger partial charge in [-0.1, -0.05) is 176 Å². The monoisotopic (exact) mass is 739 g/mol. The molecule has 0 bridgehead atoms. The fourth-order valence-electron chi connectivity index (χ4n) is 8.74. The molecule has 0 fully saturated rings. The van der Waals surface area contributed by atoms with Crippen LogP contribution in [-0.2, 0) is 0 Å². The second kappa shape index (κ2) is 14.1. The first kappa shape index (κ1) is 33.6. The SMILES string of the molecule is c1ccc(-c2cc(-c3ccccc3)nc(-c3cccc(N4c5ccccc5-c5c(n(-c6ccccc6)c6c(-c7ccccc7)cccc56)-c5ccccc54)c3)c2)cc1. The Labute approximate surface area is 338 Å². The van der Waals surface area contributed by atoms with Crippen molar-refractivity contribution in [2.45, 2.75) is 0 Å². The summed E-state index contributed by atoms with van der Waals surface area (Å²) in [6.45, 7) is 0. The molecule has 0 N–H and O–H groups in total. The van der Waals surface area contributed by atoms with Crippen molar-refractivity contribution >= 4 is 28.0 Å². The quantitative estimate of drug-likeness (QED) is 0.169. The number of benzene rings is 8. The van der Waals surface area contributed by atoms with Crippen LogP contribution in [0.4, 0.5) is 17.1 Å². The van der Waals surface area contributed by atoms with E-state index in [9.17, 15) is 0 Å². The van der Waals surface area contributed by atoms with Gasteiger partial charge in [-0.05, 0) is 65.2 Å². The zero-order valence-electron chi connectivity index (χ0n) is 31.7. The third kappa shape index (κ3) is 5.64. The van der Waals surface area contributed by atoms with Crippen molar-refractivity contribution in [2.75, 3.05) is 4.90 Å². The van der Waals surface area contributed by atoms with E-state index in [4.69, 9.17) is 4.98 Å². The van der Waals surface area contributed by atoms with Gasteiger partial charge in [0.05, 0.1) is 34.0 Å². The zero-order valence-corrected chi connectivity index (χ0v) is 31.7. The summed E-state index contributed by atoms with van der Waals surface area (Å²) in [6, 6.07) is 80.5. The first-order valence-electron chi connectivity index (χ1n) is 19.8. The van der Waals surface area contributed by atoms with E-state index in [1.807, 2.05) is 0 Å². The molecule has 11 rings (SSSR count). The van der Waals surface area contributed by atoms with Gasteiger partial charge < -0.3 is 9.47 Å². The number of para-hydroxylation sites is 4. The maximum Gasteiger partial charge on any atom is 0.0716 e. The minimum absolute atomic E-state index is 0.927. The summed E-state index contributed by atoms with van der Waals surface area (Å²) in [5, 5.41) is 1.22. The molecule has 3 heteroatoms. The van der Waals surface area contributed by atoms with Crippen LogP contribution in [0, 0.1) is 0 Å². The van der Waals surface area contributed by atoms with Crippen LogP contribution in [0.15, 0.2) is 224 Å². The first-order chi connectivity index (χ1) is 28.8. The van der Waals surface area contributed by atoms with Crippen LogP contribution < -0.4 is 4.90 Å². The number of fused-ring (bicyclic) bond motifs is 7. The summed E-state index contributed by atoms with van der Waals surface area (Å²) < 4.78 is 2.49. The van der Waals surface area contributed by atoms with Gasteiger partial charge in [0.1, 0.15) is 0 Å². The van der Waals surface area contributed by atoms with E-state index in [0.29, 0.717) is 0 Å². The van der Waals surface area contributed by atoms with Crippen molar-refractivity contribution in [3.8, 4) is 72.8 Å². The fraction of sp³-hybridized carbons (Fsp3) is 0. The lowest BCUT2D eigenvalue weighted by Gasteiger charge is -2.28. The van der Waals surface area contributed by atoms with Crippen LogP contribution in [0.25, 0.3) is 83.7 Å². The van der Waals surface area contributed by atoms with Crippen molar-refractivity contribution in [2.24, 2.45) is 0 Å². The van der Waals surface area contributed by atoms with E-state index >= 15 is 0 Å². The number of aromatic nitrogens is 2. The molecule has 0 saturated heterocycles. The molecule has 0 amide bonds. The molecule has 10 aromatic rings. The molecular formula is C55H37N3. The number of nitrogens with zero attached hydrogens (tertiary/aromatic N) is 3. The van der Waals surface area contributed by atoms with Crippen LogP contribution >= 0.6 is 0 Å². The molecule has 8 aromatic carbocycles. The molecule has 0 atom stereocenters. The topological polar surface area (TPSA) is 21.1 Å². The molecule has 272 valence electrons. The molecule has 1 aliphatic rings. The number of pyridine rings is 1. The summed E-state index contributed by atoms with van der Waals surface area (Å²) in [5.41, 5.74) is 19.1. The van der Waals surface area contributed by atoms with E-state index in [2.05, 4.69) is 234 Å². The van der Waals surface area contributed by atoms with E-state index in [1.165, 1.54) is 38.9 Å². The number of rotatable bonds is 6. The zero-order chi connectivity index (χ0) is 38.4. The Balaban J connectivity index is 1.16. The Morgan fingerprint density at radius 1 is 0.328 bits per heavy atom. The van der Waals surface area contributed by atoms with Gasteiger partial charge in [-0.3, -0.25) is 0 Å². The van der Waals surface area contributed by atoms with E-state index in [-0.39, 0.29) is 0 Å². The second-order valence-electron chi connectivity index (χ2n) is 14.7. The van der Waals surface area contributed by atoms with E-state index in [1.54, 1.807) is 0 Å². The highest BCUT2D eigenvalue weighted by Crippen LogP contribution is 2.55. The molecule has 0 radical (unpaired) electrons. The van der Waals surface area contributed by atoms with Crippen molar-refractivity contribution in [1.82, 2.24) is 9.55 Å². The molecule has 3 heterocycles. The third-order valence-electron chi connectivity index (χ3n) is 11.3. The normalized spacial score (nSPS) is 11.8. The van der Waals surface area contributed by atoms with Gasteiger partial charge in [0.15, 0.2) is 0 Å². The number of hydrogen-bond acceptors (Lipinski definition) is 2. The van der Waals surface area contributed by atoms with Gasteiger partial charge in [0.25, 0.3) is 0 Å². The van der Waals surface area contributed by atoms with E-state index < -0.39 is 0 Å². The Morgan fingerprint density at radius 2 is 0.828 bits per heavy atom. The highest BCUT2D eigenvalue weighted by atomic mass is 15.2. The maximum atomic E-state index is 5.31. The smallest absolute Gasteiger partial charge is 0.0716 e. The maximum absolute atomic E-state index is 5.31. The van der Waals surface area contributed by atoms with Gasteiger partial charge >= 0.3 is 0 Å². The number of hydrogen-bond donors (Lipinski definition) is 0. The largest absolute Gasteiger partial charge is 0.309 e. The summed E-state index contributed by atoms with van der Waals surface area (Å²) in [6.07, 6.45) is 0. The van der Waals surface area contributed by atoms with Crippen LogP contribution in [0.1, 0.15) is 0 Å². The second-order valence-corrected chi connectivity index (χ2v) is 14.7. The highest BCUT2D eigenvalue weighted by Gasteiger charge is 2.32. The Hall–Kier alpha value is -7.75. The Kier molecular flexibility index (Phi) is 8.15. The van der Waals surface area contributed by atoms with Crippen LogP contribution in [0.5, 0.6) is 0 Å². The lowest BCUT2D eigenvalue weighted by molar-refractivity contribution is 1.13. The molecular weight excluding hydrogens is 703 g/mol. The Morgan fingerprint density at radius 3 is 1.53 bits per heavy atom. The van der Waals surface area contributed by atoms with Crippen molar-refractivity contribution < 1.29 is 0 Å². The molecule has 0 saturated carbocycles.